The molecule has 2 atom stereocenters. The van der Waals surface area contributed by atoms with Crippen LogP contribution in [0.5, 0.6) is 0 Å². The molecule has 0 unspecified atom stereocenters. The van der Waals surface area contributed by atoms with Crippen molar-refractivity contribution in [3.05, 3.63) is 65.4 Å². The molecule has 1 aliphatic rings. The van der Waals surface area contributed by atoms with Crippen molar-refractivity contribution in [3.63, 3.8) is 0 Å². The van der Waals surface area contributed by atoms with E-state index in [1.54, 1.807) is 11.6 Å². The highest BCUT2D eigenvalue weighted by Gasteiger charge is 2.28. The Labute approximate surface area is 156 Å². The van der Waals surface area contributed by atoms with Gasteiger partial charge in [0.15, 0.2) is 10.8 Å². The fourth-order valence-corrected chi connectivity index (χ4v) is 4.12. The van der Waals surface area contributed by atoms with E-state index in [9.17, 15) is 4.79 Å². The zero-order valence-corrected chi connectivity index (χ0v) is 15.4. The van der Waals surface area contributed by atoms with Crippen LogP contribution in [0.1, 0.15) is 35.4 Å². The van der Waals surface area contributed by atoms with Crippen LogP contribution in [0, 0.1) is 0 Å². The van der Waals surface area contributed by atoms with Crippen LogP contribution in [0.25, 0.3) is 10.8 Å². The molecule has 1 aliphatic heterocycles. The summed E-state index contributed by atoms with van der Waals surface area (Å²) in [5.41, 5.74) is 1.76. The molecule has 6 heteroatoms. The lowest BCUT2D eigenvalue weighted by molar-refractivity contribution is 0.0932. The number of thiazole rings is 1. The maximum absolute atomic E-state index is 12.5. The number of nitrogens with one attached hydrogen (secondary N) is 1. The first kappa shape index (κ1) is 17.0. The number of likely N-dealkylation sites (tertiary alicyclic amines) is 1. The Kier molecular flexibility index (Phi) is 4.86. The highest BCUT2D eigenvalue weighted by Crippen LogP contribution is 2.26. The molecule has 1 N–H and O–H groups in total. The number of hydrogen-bond donors (Lipinski definition) is 1. The molecular weight excluding hydrogens is 346 g/mol. The molecule has 26 heavy (non-hydrogen) atoms. The van der Waals surface area contributed by atoms with Crippen molar-refractivity contribution < 1.29 is 9.21 Å². The molecule has 134 valence electrons. The lowest BCUT2D eigenvalue weighted by atomic mass is 10.1. The van der Waals surface area contributed by atoms with E-state index in [1.165, 1.54) is 16.9 Å². The summed E-state index contributed by atoms with van der Waals surface area (Å²) in [5.74, 6) is 0.580. The second-order valence-electron chi connectivity index (χ2n) is 6.56. The molecule has 3 heterocycles. The molecule has 3 aromatic rings. The number of nitrogens with zero attached hydrogens (tertiary/aromatic N) is 2. The molecule has 1 fully saturated rings. The van der Waals surface area contributed by atoms with E-state index in [1.807, 2.05) is 18.2 Å². The number of benzene rings is 1. The van der Waals surface area contributed by atoms with Gasteiger partial charge in [0, 0.05) is 30.6 Å². The summed E-state index contributed by atoms with van der Waals surface area (Å²) in [5, 5.41) is 5.63. The van der Waals surface area contributed by atoms with Crippen LogP contribution in [0.3, 0.4) is 0 Å². The van der Waals surface area contributed by atoms with Gasteiger partial charge in [-0.25, -0.2) is 4.98 Å². The summed E-state index contributed by atoms with van der Waals surface area (Å²) in [6, 6.07) is 14.7. The Morgan fingerprint density at radius 2 is 2.15 bits per heavy atom. The van der Waals surface area contributed by atoms with Gasteiger partial charge in [-0.05, 0) is 31.0 Å². The third-order valence-electron chi connectivity index (χ3n) is 4.85. The molecule has 0 saturated carbocycles. The highest BCUT2D eigenvalue weighted by atomic mass is 32.1. The minimum atomic E-state index is -0.113. The van der Waals surface area contributed by atoms with Crippen LogP contribution in [-0.4, -0.2) is 34.9 Å². The predicted octanol–water partition coefficient (Wildman–Crippen LogP) is 3.97. The molecule has 0 bridgehead atoms. The van der Waals surface area contributed by atoms with Crippen molar-refractivity contribution in [1.82, 2.24) is 15.2 Å². The minimum absolute atomic E-state index is 0.113. The normalized spacial score (nSPS) is 18.7. The monoisotopic (exact) mass is 367 g/mol. The average molecular weight is 367 g/mol. The van der Waals surface area contributed by atoms with Gasteiger partial charge in [-0.1, -0.05) is 30.3 Å². The van der Waals surface area contributed by atoms with Gasteiger partial charge < -0.3 is 9.73 Å². The molecule has 0 radical (unpaired) electrons. The number of carbonyl (C=O) groups is 1. The number of amides is 1. The van der Waals surface area contributed by atoms with Gasteiger partial charge in [-0.15, -0.1) is 11.3 Å². The highest BCUT2D eigenvalue weighted by molar-refractivity contribution is 7.13. The summed E-state index contributed by atoms with van der Waals surface area (Å²) in [4.78, 5) is 19.3. The molecular formula is C20H21N3O2S. The number of aromatic nitrogens is 1. The molecule has 1 saturated heterocycles. The van der Waals surface area contributed by atoms with Crippen molar-refractivity contribution in [2.75, 3.05) is 13.1 Å². The third-order valence-corrected chi connectivity index (χ3v) is 5.71. The van der Waals surface area contributed by atoms with Crippen LogP contribution >= 0.6 is 11.3 Å². The van der Waals surface area contributed by atoms with E-state index in [4.69, 9.17) is 4.42 Å². The molecule has 1 amide bonds. The van der Waals surface area contributed by atoms with Gasteiger partial charge >= 0.3 is 0 Å². The van der Waals surface area contributed by atoms with Crippen molar-refractivity contribution in [1.29, 1.82) is 0 Å². The van der Waals surface area contributed by atoms with Crippen LogP contribution in [0.4, 0.5) is 0 Å². The molecule has 0 aliphatic carbocycles. The smallest absolute Gasteiger partial charge is 0.271 e. The van der Waals surface area contributed by atoms with Crippen LogP contribution < -0.4 is 5.32 Å². The molecule has 0 spiro atoms. The summed E-state index contributed by atoms with van der Waals surface area (Å²) >= 11 is 1.42. The number of furan rings is 1. The Morgan fingerprint density at radius 1 is 1.31 bits per heavy atom. The van der Waals surface area contributed by atoms with Gasteiger partial charge in [0.05, 0.1) is 6.26 Å². The van der Waals surface area contributed by atoms with E-state index in [2.05, 4.69) is 46.4 Å². The number of carbonyl (C=O) groups excluding carboxylic acids is 1. The van der Waals surface area contributed by atoms with Crippen LogP contribution in [0.15, 0.2) is 58.5 Å². The van der Waals surface area contributed by atoms with Gasteiger partial charge in [-0.2, -0.15) is 0 Å². The zero-order valence-electron chi connectivity index (χ0n) is 14.6. The molecule has 2 aromatic heterocycles. The lowest BCUT2D eigenvalue weighted by Gasteiger charge is -2.24. The first-order valence-electron chi connectivity index (χ1n) is 8.80. The largest absolute Gasteiger partial charge is 0.462 e. The van der Waals surface area contributed by atoms with Crippen LogP contribution in [0.2, 0.25) is 0 Å². The predicted molar refractivity (Wildman–Crippen MR) is 102 cm³/mol. The summed E-state index contributed by atoms with van der Waals surface area (Å²) in [7, 11) is 0. The van der Waals surface area contributed by atoms with Crippen molar-refractivity contribution in [2.24, 2.45) is 0 Å². The zero-order chi connectivity index (χ0) is 17.9. The second kappa shape index (κ2) is 7.43. The minimum Gasteiger partial charge on any atom is -0.462 e. The standard InChI is InChI=1S/C20H21N3O2S/c1-14(15-6-3-2-4-7-15)23-10-9-16(12-23)21-19(24)17-13-26-20(22-17)18-8-5-11-25-18/h2-8,11,13-14,16H,9-10,12H2,1H3,(H,21,24)/t14-,16-/m1/s1. The quantitative estimate of drug-likeness (QED) is 0.741. The van der Waals surface area contributed by atoms with E-state index in [0.717, 1.165) is 24.5 Å². The average Bonchev–Trinajstić information content (AvgIpc) is 3.41. The van der Waals surface area contributed by atoms with Gasteiger partial charge in [0.2, 0.25) is 0 Å². The third kappa shape index (κ3) is 3.57. The molecule has 5 nitrogen and oxygen atoms in total. The summed E-state index contributed by atoms with van der Waals surface area (Å²) < 4.78 is 5.34. The maximum atomic E-state index is 12.5. The first-order chi connectivity index (χ1) is 12.7. The Bertz CT molecular complexity index is 860. The van der Waals surface area contributed by atoms with Gasteiger partial charge in [-0.3, -0.25) is 9.69 Å². The number of hydrogen-bond acceptors (Lipinski definition) is 5. The van der Waals surface area contributed by atoms with E-state index in [0.29, 0.717) is 17.5 Å². The lowest BCUT2D eigenvalue weighted by Crippen LogP contribution is -2.37. The summed E-state index contributed by atoms with van der Waals surface area (Å²) in [6.07, 6.45) is 2.57. The Morgan fingerprint density at radius 3 is 2.92 bits per heavy atom. The Hall–Kier alpha value is -2.44. The van der Waals surface area contributed by atoms with Crippen LogP contribution in [-0.2, 0) is 0 Å². The van der Waals surface area contributed by atoms with Crippen molar-refractivity contribution >= 4 is 17.2 Å². The second-order valence-corrected chi connectivity index (χ2v) is 7.41. The van der Waals surface area contributed by atoms with Crippen molar-refractivity contribution in [3.8, 4) is 10.8 Å². The first-order valence-corrected chi connectivity index (χ1v) is 9.68. The fraction of sp³-hybridized carbons (Fsp3) is 0.300. The van der Waals surface area contributed by atoms with Crippen molar-refractivity contribution in [2.45, 2.75) is 25.4 Å². The van der Waals surface area contributed by atoms with E-state index >= 15 is 0 Å². The van der Waals surface area contributed by atoms with E-state index < -0.39 is 0 Å². The van der Waals surface area contributed by atoms with Gasteiger partial charge in [0.1, 0.15) is 5.69 Å². The topological polar surface area (TPSA) is 58.4 Å². The van der Waals surface area contributed by atoms with Gasteiger partial charge in [0.25, 0.3) is 5.91 Å². The van der Waals surface area contributed by atoms with E-state index in [-0.39, 0.29) is 11.9 Å². The number of rotatable bonds is 5. The fourth-order valence-electron chi connectivity index (χ4n) is 3.35. The SMILES string of the molecule is C[C@H](c1ccccc1)N1CC[C@@H](NC(=O)c2csc(-c3ccco3)n2)C1. The molecule has 1 aromatic carbocycles. The maximum Gasteiger partial charge on any atom is 0.271 e. The molecule has 4 rings (SSSR count). The summed E-state index contributed by atoms with van der Waals surface area (Å²) in [6.45, 7) is 4.06. The Balaban J connectivity index is 1.36.